The summed E-state index contributed by atoms with van der Waals surface area (Å²) in [4.78, 5) is 27.3. The van der Waals surface area contributed by atoms with Crippen LogP contribution in [0.3, 0.4) is 0 Å². The molecule has 8 aromatic heterocycles. The van der Waals surface area contributed by atoms with Gasteiger partial charge in [0, 0.05) is 240 Å². The maximum absolute atomic E-state index is 11.3. The van der Waals surface area contributed by atoms with E-state index in [4.69, 9.17) is 0 Å². The van der Waals surface area contributed by atoms with E-state index in [2.05, 4.69) is 39.9 Å². The number of hydrogen-bond donors (Lipinski definition) is 0. The Balaban J connectivity index is -0.0000000139. The van der Waals surface area contributed by atoms with Crippen LogP contribution in [0.4, 0.5) is 0 Å². The van der Waals surface area contributed by atoms with Gasteiger partial charge in [0.2, 0.25) is 0 Å². The predicted octanol–water partition coefficient (Wildman–Crippen LogP) is -0.569. The fourth-order valence-corrected chi connectivity index (χ4v) is 4.60. The second kappa shape index (κ2) is 122. The van der Waals surface area contributed by atoms with Gasteiger partial charge in [0.05, 0.1) is 22.8 Å². The van der Waals surface area contributed by atoms with Gasteiger partial charge in [0.15, 0.2) is 49.6 Å². The average Bonchev–Trinajstić information content (AvgIpc) is 3.21. The predicted molar refractivity (Wildman–Crippen MR) is 201 cm³/mol. The van der Waals surface area contributed by atoms with Crippen LogP contribution in [-0.4, -0.2) is 19.9 Å². The summed E-state index contributed by atoms with van der Waals surface area (Å²) in [6.07, 6.45) is 19.2. The van der Waals surface area contributed by atoms with E-state index < -0.39 is 0 Å². The molecule has 48 heteroatoms. The van der Waals surface area contributed by atoms with E-state index in [1.165, 1.54) is 24.8 Å². The summed E-state index contributed by atoms with van der Waals surface area (Å²) in [6.45, 7) is 0. The van der Waals surface area contributed by atoms with Crippen molar-refractivity contribution in [1.29, 1.82) is 0 Å². The van der Waals surface area contributed by atoms with Crippen molar-refractivity contribution in [2.24, 2.45) is 0 Å². The molecule has 0 bridgehead atoms. The molecular weight excluding hydrogens is 1970 g/mol. The Kier molecular flexibility index (Phi) is 296. The molecule has 8 rings (SSSR count). The summed E-state index contributed by atoms with van der Waals surface area (Å²) in [5, 5.41) is 45.4. The first-order chi connectivity index (χ1) is 25.5. The molecule has 0 saturated heterocycles. The van der Waals surface area contributed by atoms with Gasteiger partial charge in [-0.05, 0) is 71.5 Å². The number of pyridine rings is 8. The molecule has 88 heavy (non-hydrogen) atoms. The maximum atomic E-state index is 11.3. The summed E-state index contributed by atoms with van der Waals surface area (Å²) in [7, 11) is 0. The van der Waals surface area contributed by atoms with E-state index in [0.717, 1.165) is 0 Å². The van der Waals surface area contributed by atoms with Gasteiger partial charge in [-0.15, -0.1) is 0 Å². The standard InChI is InChI=1S/4C10H8N2O.2Cu.8Mo.26O/c4*13-10-7-11-6-4-8(10)9-3-1-2-5-12-9;;;;;;;;;;;;;;;;;;;;;;;;;;;;;;;;;;;;/h4*1-7,13H;;;;;;;;;;;;;;;;;;;;;;;;;;;;;;;;;;;;/q;;;;2*+2;;;;;;;;;26*-2. The summed E-state index contributed by atoms with van der Waals surface area (Å²) in [6, 6.07) is 28.9. The number of aromatic amines is 4. The Hall–Kier alpha value is -2.09. The first-order valence-electron chi connectivity index (χ1n) is 15.9. The van der Waals surface area contributed by atoms with Crippen molar-refractivity contribution in [3.8, 4) is 68.0 Å². The number of H-pyrrole nitrogens is 4. The number of hydrogen-bond acceptors (Lipinski definition) is 8. The molecule has 0 fully saturated rings. The SMILES string of the molecule is [Cu+2].[Cu+2].[Mo].[Mo].[Mo].[Mo].[Mo].[Mo].[Mo].[Mo].[O-2].[O-2].[O-2].[O-2].[O-2].[O-2].[O-2].[O-2].[O-2].[O-2].[O-2].[O-2].[O-2].[O-2].[O-2].[O-2].[O-2].[O-2].[O-2].[O-2].[O-2].[O-2].[O-2].[O-2].[O-2].[O-2].[O-]c1c[nH+]ccc1-c1ccccn1.[O-]c1c[nH+]ccc1-c1ccccn1.[O-]c1c[nH+]ccc1-c1ccccn1.[O-]c1c[nH+]ccc1-c1ccccn1. The van der Waals surface area contributed by atoms with Gasteiger partial charge in [-0.2, -0.15) is 0 Å². The summed E-state index contributed by atoms with van der Waals surface area (Å²) < 4.78 is 0. The quantitative estimate of drug-likeness (QED) is 0.205. The Morgan fingerprint density at radius 3 is 0.455 bits per heavy atom. The summed E-state index contributed by atoms with van der Waals surface area (Å²) in [5.41, 5.74) is 5.34. The molecule has 0 spiro atoms. The number of nitrogens with zero attached hydrogens (tertiary/aromatic N) is 4. The number of rotatable bonds is 4. The second-order valence-electron chi connectivity index (χ2n) is 10.5. The van der Waals surface area contributed by atoms with Gasteiger partial charge in [-0.3, -0.25) is 19.9 Å². The van der Waals surface area contributed by atoms with Gasteiger partial charge < -0.3 is 163 Å². The zero-order valence-electron chi connectivity index (χ0n) is 42.1. The number of aromatic nitrogens is 8. The van der Waals surface area contributed by atoms with E-state index in [9.17, 15) is 20.4 Å². The molecule has 38 nitrogen and oxygen atoms in total. The molecule has 0 amide bonds. The average molecular weight is 2000 g/mol. The Morgan fingerprint density at radius 1 is 0.216 bits per heavy atom. The maximum Gasteiger partial charge on any atom is 2.00 e. The van der Waals surface area contributed by atoms with E-state index in [-0.39, 0.29) is 368 Å². The van der Waals surface area contributed by atoms with E-state index in [1.54, 1.807) is 73.8 Å². The summed E-state index contributed by atoms with van der Waals surface area (Å²) >= 11 is 0. The van der Waals surface area contributed by atoms with Crippen LogP contribution in [0, 0.1) is 0 Å². The van der Waals surface area contributed by atoms with Crippen LogP contribution in [0.5, 0.6) is 23.0 Å². The summed E-state index contributed by atoms with van der Waals surface area (Å²) in [5.74, 6) is -0.162. The van der Waals surface area contributed by atoms with Gasteiger partial charge in [-0.25, -0.2) is 19.9 Å². The van der Waals surface area contributed by atoms with Crippen molar-refractivity contribution in [2.75, 3.05) is 0 Å². The second-order valence-corrected chi connectivity index (χ2v) is 10.5. The molecule has 530 valence electrons. The molecular formula is C40H32Cu2Mo8N8O30-48. The van der Waals surface area contributed by atoms with Crippen molar-refractivity contribution in [2.45, 2.75) is 0 Å². The minimum atomic E-state index is -0.0406. The van der Waals surface area contributed by atoms with Crippen LogP contribution >= 0.6 is 0 Å². The first-order valence-corrected chi connectivity index (χ1v) is 15.9. The van der Waals surface area contributed by atoms with Gasteiger partial charge in [-0.1, -0.05) is 24.3 Å². The monoisotopic (exact) mass is 2010 g/mol. The van der Waals surface area contributed by atoms with Crippen molar-refractivity contribution < 1.29 is 385 Å². The molecule has 8 heterocycles. The van der Waals surface area contributed by atoms with E-state index >= 15 is 0 Å². The van der Waals surface area contributed by atoms with Crippen LogP contribution < -0.4 is 40.4 Å². The third-order valence-corrected chi connectivity index (χ3v) is 7.07. The molecule has 0 aliphatic rings. The Bertz CT molecular complexity index is 2030. The third kappa shape index (κ3) is 71.3. The fourth-order valence-electron chi connectivity index (χ4n) is 4.60. The minimum Gasteiger partial charge on any atom is -2.00 e. The molecule has 2 radical (unpaired) electrons. The zero-order chi connectivity index (χ0) is 36.4. The minimum absolute atomic E-state index is 0. The van der Waals surface area contributed by atoms with Gasteiger partial charge in [0.1, 0.15) is 0 Å². The Labute approximate surface area is 638 Å². The normalized spacial score (nSPS) is 5.82. The first kappa shape index (κ1) is 213. The molecule has 0 aliphatic carbocycles. The largest absolute Gasteiger partial charge is 2.00 e. The molecule has 0 saturated carbocycles. The Morgan fingerprint density at radius 2 is 0.352 bits per heavy atom. The van der Waals surface area contributed by atoms with Gasteiger partial charge in [0.25, 0.3) is 0 Å². The van der Waals surface area contributed by atoms with Crippen molar-refractivity contribution in [3.63, 3.8) is 0 Å². The smallest absolute Gasteiger partial charge is 2.00 e. The third-order valence-electron chi connectivity index (χ3n) is 7.07. The van der Waals surface area contributed by atoms with E-state index in [0.29, 0.717) is 45.0 Å². The molecule has 0 unspecified atom stereocenters. The zero-order valence-corrected chi connectivity index (χ0v) is 60.0. The van der Waals surface area contributed by atoms with Crippen LogP contribution in [0.15, 0.2) is 171 Å². The van der Waals surface area contributed by atoms with Crippen LogP contribution in [-0.2, 0) is 345 Å². The van der Waals surface area contributed by atoms with Crippen LogP contribution in [0.1, 0.15) is 0 Å². The molecule has 0 atom stereocenters. The van der Waals surface area contributed by atoms with Crippen LogP contribution in [0.25, 0.3) is 45.0 Å². The van der Waals surface area contributed by atoms with Gasteiger partial charge >= 0.3 is 34.1 Å². The molecule has 8 aromatic rings. The number of nitrogens with one attached hydrogen (secondary N) is 4. The van der Waals surface area contributed by atoms with Crippen molar-refractivity contribution >= 4 is 0 Å². The molecule has 0 aromatic carbocycles. The van der Waals surface area contributed by atoms with Crippen molar-refractivity contribution in [1.82, 2.24) is 19.9 Å². The topological polar surface area (TPSA) is 941 Å². The van der Waals surface area contributed by atoms with Crippen molar-refractivity contribution in [3.05, 3.63) is 171 Å². The van der Waals surface area contributed by atoms with Crippen LogP contribution in [0.2, 0.25) is 0 Å². The molecule has 4 N–H and O–H groups in total. The molecule has 0 aliphatic heterocycles. The fraction of sp³-hybridized carbons (Fsp3) is 0. The van der Waals surface area contributed by atoms with E-state index in [1.807, 2.05) is 72.8 Å².